The summed E-state index contributed by atoms with van der Waals surface area (Å²) in [6, 6.07) is 30.2. The number of sulfonamides is 1. The van der Waals surface area contributed by atoms with Gasteiger partial charge in [-0.05, 0) is 123 Å². The van der Waals surface area contributed by atoms with E-state index in [1.54, 1.807) is 24.4 Å². The first-order chi connectivity index (χ1) is 30.0. The first kappa shape index (κ1) is 41.1. The van der Waals surface area contributed by atoms with Crippen LogP contribution in [0.15, 0.2) is 114 Å². The molecule has 0 bridgehead atoms. The van der Waals surface area contributed by atoms with E-state index in [0.717, 1.165) is 60.5 Å². The molecule has 3 N–H and O–H groups in total. The second-order valence-electron chi connectivity index (χ2n) is 16.6. The quantitative estimate of drug-likeness (QED) is 0.0707. The van der Waals surface area contributed by atoms with Crippen molar-refractivity contribution in [3.8, 4) is 22.6 Å². The topological polar surface area (TPSA) is 172 Å². The van der Waals surface area contributed by atoms with Gasteiger partial charge in [-0.3, -0.25) is 14.9 Å². The van der Waals surface area contributed by atoms with E-state index in [4.69, 9.17) is 9.47 Å². The summed E-state index contributed by atoms with van der Waals surface area (Å²) in [4.78, 5) is 37.2. The molecule has 6 aromatic rings. The third-order valence-electron chi connectivity index (χ3n) is 12.4. The van der Waals surface area contributed by atoms with E-state index in [1.165, 1.54) is 41.9 Å². The molecule has 3 aliphatic rings. The van der Waals surface area contributed by atoms with Crippen LogP contribution in [0.2, 0.25) is 0 Å². The Morgan fingerprint density at radius 2 is 1.74 bits per heavy atom. The van der Waals surface area contributed by atoms with Gasteiger partial charge in [-0.15, -0.1) is 0 Å². The molecule has 9 rings (SSSR count). The van der Waals surface area contributed by atoms with Crippen molar-refractivity contribution in [1.82, 2.24) is 19.6 Å². The number of aromatic nitrogens is 2. The molecule has 2 saturated heterocycles. The third kappa shape index (κ3) is 8.60. The maximum atomic E-state index is 13.9. The lowest BCUT2D eigenvalue weighted by Crippen LogP contribution is -2.31. The molecule has 15 heteroatoms. The number of benzene rings is 4. The molecule has 0 radical (unpaired) electrons. The van der Waals surface area contributed by atoms with Gasteiger partial charge in [0.15, 0.2) is 0 Å². The average molecular weight is 856 g/mol. The number of H-pyrrole nitrogens is 1. The lowest BCUT2D eigenvalue weighted by Gasteiger charge is -2.29. The Labute approximate surface area is 360 Å². The van der Waals surface area contributed by atoms with Crippen LogP contribution in [0, 0.1) is 16.0 Å². The Morgan fingerprint density at radius 1 is 0.968 bits per heavy atom. The Kier molecular flexibility index (Phi) is 11.4. The van der Waals surface area contributed by atoms with E-state index in [2.05, 4.69) is 80.3 Å². The summed E-state index contributed by atoms with van der Waals surface area (Å²) >= 11 is 0. The molecule has 2 aromatic heterocycles. The monoisotopic (exact) mass is 855 g/mol. The molecule has 1 amide bonds. The maximum Gasteiger partial charge on any atom is 0.293 e. The molecule has 1 saturated carbocycles. The van der Waals surface area contributed by atoms with Crippen molar-refractivity contribution in [3.63, 3.8) is 0 Å². The Bertz CT molecular complexity index is 2730. The third-order valence-corrected chi connectivity index (χ3v) is 13.7. The Morgan fingerprint density at radius 3 is 2.50 bits per heavy atom. The van der Waals surface area contributed by atoms with Gasteiger partial charge < -0.3 is 29.6 Å². The van der Waals surface area contributed by atoms with Gasteiger partial charge in [-0.25, -0.2) is 18.1 Å². The number of aromatic amines is 1. The Hall–Kier alpha value is -6.29. The van der Waals surface area contributed by atoms with Crippen molar-refractivity contribution < 1.29 is 27.6 Å². The van der Waals surface area contributed by atoms with Crippen LogP contribution in [0.1, 0.15) is 65.5 Å². The minimum atomic E-state index is -4.56. The molecule has 1 aliphatic carbocycles. The number of anilines is 2. The van der Waals surface area contributed by atoms with Gasteiger partial charge in [0, 0.05) is 61.6 Å². The number of rotatable bonds is 14. The molecule has 4 aromatic carbocycles. The zero-order valence-corrected chi connectivity index (χ0v) is 35.4. The number of likely N-dealkylation sites (N-methyl/N-ethyl adjacent to an activating group) is 1. The van der Waals surface area contributed by atoms with E-state index in [9.17, 15) is 23.3 Å². The summed E-state index contributed by atoms with van der Waals surface area (Å²) in [5.41, 5.74) is 5.97. The minimum Gasteiger partial charge on any atom is -0.455 e. The first-order valence-corrected chi connectivity index (χ1v) is 22.6. The van der Waals surface area contributed by atoms with Gasteiger partial charge >= 0.3 is 0 Å². The molecule has 2 aliphatic heterocycles. The summed E-state index contributed by atoms with van der Waals surface area (Å²) in [6.45, 7) is 2.69. The van der Waals surface area contributed by atoms with Crippen LogP contribution in [0.3, 0.4) is 0 Å². The average Bonchev–Trinajstić information content (AvgIpc) is 3.69. The molecule has 62 heavy (non-hydrogen) atoms. The van der Waals surface area contributed by atoms with E-state index < -0.39 is 31.4 Å². The van der Waals surface area contributed by atoms with E-state index in [-0.39, 0.29) is 29.0 Å². The predicted octanol–water partition coefficient (Wildman–Crippen LogP) is 8.65. The van der Waals surface area contributed by atoms with E-state index >= 15 is 0 Å². The zero-order chi connectivity index (χ0) is 43.0. The number of nitro groups is 1. The Balaban J connectivity index is 0.973. The number of nitro benzene ring substituents is 1. The van der Waals surface area contributed by atoms with Crippen molar-refractivity contribution in [2.24, 2.45) is 5.92 Å². The second-order valence-corrected chi connectivity index (χ2v) is 18.3. The van der Waals surface area contributed by atoms with Gasteiger partial charge in [0.05, 0.1) is 27.6 Å². The van der Waals surface area contributed by atoms with Crippen LogP contribution in [0.5, 0.6) is 11.5 Å². The van der Waals surface area contributed by atoms with Crippen LogP contribution in [-0.2, 0) is 14.8 Å². The van der Waals surface area contributed by atoms with Gasteiger partial charge in [-0.2, -0.15) is 0 Å². The van der Waals surface area contributed by atoms with Crippen LogP contribution in [0.25, 0.3) is 22.2 Å². The molecule has 4 heterocycles. The minimum absolute atomic E-state index is 0.0573. The van der Waals surface area contributed by atoms with Crippen molar-refractivity contribution in [2.45, 2.75) is 55.0 Å². The molecule has 320 valence electrons. The van der Waals surface area contributed by atoms with Crippen LogP contribution < -0.4 is 19.7 Å². The van der Waals surface area contributed by atoms with Crippen LogP contribution >= 0.6 is 0 Å². The smallest absolute Gasteiger partial charge is 0.293 e. The van der Waals surface area contributed by atoms with E-state index in [1.807, 2.05) is 18.2 Å². The summed E-state index contributed by atoms with van der Waals surface area (Å²) in [5.74, 6) is 0.293. The molecule has 3 fully saturated rings. The van der Waals surface area contributed by atoms with Crippen molar-refractivity contribution in [3.05, 3.63) is 136 Å². The molecular formula is C47H49N7O7S. The SMILES string of the molecule is CN(C)C1CC1c1ccccc1[C@H]1CCCN1c1ccc(-c2ccc(C(=O)NS(=O)(=O)c3ccc(NCC4CCOCC4)c([N+](=O)[O-])c3)c(Oc3cnc4[nH]ccc4c3)c2)cc1. The van der Waals surface area contributed by atoms with Crippen molar-refractivity contribution in [2.75, 3.05) is 50.6 Å². The fraction of sp³-hybridized carbons (Fsp3) is 0.319. The number of carbonyl (C=O) groups excluding carboxylic acids is 1. The number of hydrogen-bond acceptors (Lipinski definition) is 11. The van der Waals surface area contributed by atoms with Gasteiger partial charge in [0.1, 0.15) is 22.8 Å². The number of nitrogens with zero attached hydrogens (tertiary/aromatic N) is 4. The highest BCUT2D eigenvalue weighted by Crippen LogP contribution is 2.48. The number of ether oxygens (including phenoxy) is 2. The zero-order valence-electron chi connectivity index (χ0n) is 34.6. The normalized spacial score (nSPS) is 19.1. The number of carbonyl (C=O) groups is 1. The summed E-state index contributed by atoms with van der Waals surface area (Å²) in [7, 11) is -0.252. The number of hydrogen-bond donors (Lipinski definition) is 3. The number of pyridine rings is 1. The fourth-order valence-electron chi connectivity index (χ4n) is 8.98. The van der Waals surface area contributed by atoms with Crippen LogP contribution in [0.4, 0.5) is 17.1 Å². The largest absolute Gasteiger partial charge is 0.455 e. The predicted molar refractivity (Wildman–Crippen MR) is 238 cm³/mol. The molecule has 0 spiro atoms. The fourth-order valence-corrected chi connectivity index (χ4v) is 9.97. The number of amides is 1. The maximum absolute atomic E-state index is 13.9. The van der Waals surface area contributed by atoms with Gasteiger partial charge in [0.2, 0.25) is 0 Å². The lowest BCUT2D eigenvalue weighted by molar-refractivity contribution is -0.384. The molecule has 3 atom stereocenters. The van der Waals surface area contributed by atoms with Crippen molar-refractivity contribution >= 4 is 44.0 Å². The standard InChI is InChI=1S/C47H49N7O7S/c1-52(2)43-27-40(43)37-6-3-4-7-38(37)42-8-5-21-53(42)34-12-9-31(10-13-34)32-11-15-39(45(25-32)61-35-24-33-17-20-48-46(33)50-29-35)47(55)51-62(58,59)36-14-16-41(44(26-36)54(56)57)49-28-30-18-22-60-23-19-30/h3-4,6-7,9-17,20,24-26,29-30,40,42-43,49H,5,8,18-19,21-23,27-28H2,1-2H3,(H,48,50)(H,51,55)/t40?,42-,43?/m1/s1. The summed E-state index contributed by atoms with van der Waals surface area (Å²) < 4.78 is 41.2. The number of fused-ring (bicyclic) bond motifs is 1. The lowest BCUT2D eigenvalue weighted by atomic mass is 9.95. The van der Waals surface area contributed by atoms with Gasteiger partial charge in [0.25, 0.3) is 21.6 Å². The molecule has 2 unspecified atom stereocenters. The molecule has 14 nitrogen and oxygen atoms in total. The second kappa shape index (κ2) is 17.2. The van der Waals surface area contributed by atoms with Gasteiger partial charge in [-0.1, -0.05) is 42.5 Å². The summed E-state index contributed by atoms with van der Waals surface area (Å²) in [6.07, 6.45) is 8.28. The highest BCUT2D eigenvalue weighted by atomic mass is 32.2. The molecular weight excluding hydrogens is 807 g/mol. The van der Waals surface area contributed by atoms with E-state index in [0.29, 0.717) is 43.1 Å². The first-order valence-electron chi connectivity index (χ1n) is 21.1. The summed E-state index contributed by atoms with van der Waals surface area (Å²) in [5, 5.41) is 16.0. The van der Waals surface area contributed by atoms with Crippen molar-refractivity contribution in [1.29, 1.82) is 0 Å². The highest BCUT2D eigenvalue weighted by molar-refractivity contribution is 7.90. The van der Waals surface area contributed by atoms with Crippen LogP contribution in [-0.4, -0.2) is 80.6 Å². The number of nitrogens with one attached hydrogen (secondary N) is 3. The highest BCUT2D eigenvalue weighted by Gasteiger charge is 2.42.